The van der Waals surface area contributed by atoms with Gasteiger partial charge in [-0.25, -0.2) is 9.69 Å². The molecule has 7 nitrogen and oxygen atoms in total. The van der Waals surface area contributed by atoms with Crippen LogP contribution >= 0.6 is 0 Å². The topological polar surface area (TPSA) is 105 Å². The number of nitrogens with one attached hydrogen (secondary N) is 1. The number of carbonyl (C=O) groups excluding carboxylic acids is 2. The number of nitrogens with zero attached hydrogens (tertiary/aromatic N) is 1. The monoisotopic (exact) mass is 329 g/mol. The fraction of sp³-hybridized carbons (Fsp3) is 0.176. The summed E-state index contributed by atoms with van der Waals surface area (Å²) in [6, 6.07) is 11.9. The van der Waals surface area contributed by atoms with E-state index in [2.05, 4.69) is 5.32 Å². The maximum Gasteiger partial charge on any atom is 0.331 e. The van der Waals surface area contributed by atoms with E-state index >= 15 is 0 Å². The van der Waals surface area contributed by atoms with Crippen LogP contribution in [0.4, 0.5) is 16.2 Å². The lowest BCUT2D eigenvalue weighted by Crippen LogP contribution is -2.48. The van der Waals surface area contributed by atoms with Crippen LogP contribution in [0.25, 0.3) is 0 Å². The second-order valence-corrected chi connectivity index (χ2v) is 5.15. The van der Waals surface area contributed by atoms with E-state index in [-0.39, 0.29) is 5.75 Å². The molecular weight excluding hydrogens is 310 g/mol. The van der Waals surface area contributed by atoms with Crippen LogP contribution in [0.2, 0.25) is 0 Å². The second-order valence-electron chi connectivity index (χ2n) is 5.15. The quantitative estimate of drug-likeness (QED) is 0.590. The molecule has 1 atom stereocenters. The van der Waals surface area contributed by atoms with Gasteiger partial charge in [-0.2, -0.15) is 0 Å². The number of phenols is 1. The van der Waals surface area contributed by atoms with E-state index in [9.17, 15) is 14.7 Å². The number of amides is 3. The Balaban J connectivity index is 2.05. The number of nitrogen functional groups attached to an aromatic ring is 1. The molecule has 0 aliphatic carbocycles. The number of hydrogen-bond donors (Lipinski definition) is 3. The predicted molar refractivity (Wildman–Crippen MR) is 90.7 cm³/mol. The molecule has 7 heteroatoms. The first-order valence-corrected chi connectivity index (χ1v) is 7.29. The maximum atomic E-state index is 12.4. The van der Waals surface area contributed by atoms with Crippen LogP contribution in [0.5, 0.6) is 11.5 Å². The highest BCUT2D eigenvalue weighted by atomic mass is 16.5. The minimum atomic E-state index is -0.683. The summed E-state index contributed by atoms with van der Waals surface area (Å²) < 4.78 is 5.52. The predicted octanol–water partition coefficient (Wildman–Crippen LogP) is 2.46. The number of benzene rings is 2. The van der Waals surface area contributed by atoms with Gasteiger partial charge in [-0.1, -0.05) is 0 Å². The third-order valence-corrected chi connectivity index (χ3v) is 3.15. The number of rotatable bonds is 4. The molecule has 0 fully saturated rings. The molecule has 0 radical (unpaired) electrons. The molecule has 0 saturated carbocycles. The molecule has 0 saturated heterocycles. The molecule has 2 rings (SSSR count). The van der Waals surface area contributed by atoms with Crippen molar-refractivity contribution in [3.63, 3.8) is 0 Å². The van der Waals surface area contributed by atoms with Gasteiger partial charge in [0.15, 0.2) is 6.23 Å². The van der Waals surface area contributed by atoms with Crippen LogP contribution in [-0.2, 0) is 4.79 Å². The number of anilines is 2. The van der Waals surface area contributed by atoms with Crippen molar-refractivity contribution in [3.05, 3.63) is 48.5 Å². The van der Waals surface area contributed by atoms with Crippen LogP contribution < -0.4 is 20.7 Å². The Hall–Kier alpha value is -3.22. The Labute approximate surface area is 139 Å². The largest absolute Gasteiger partial charge is 0.508 e. The number of carbonyl (C=O) groups is 2. The highest BCUT2D eigenvalue weighted by Gasteiger charge is 2.22. The van der Waals surface area contributed by atoms with Crippen molar-refractivity contribution in [1.82, 2.24) is 5.32 Å². The third kappa shape index (κ3) is 4.39. The van der Waals surface area contributed by atoms with E-state index in [1.54, 1.807) is 43.3 Å². The molecular formula is C17H19N3O4. The summed E-state index contributed by atoms with van der Waals surface area (Å²) in [5.74, 6) is 0.154. The normalized spacial score (nSPS) is 11.4. The molecule has 0 spiro atoms. The van der Waals surface area contributed by atoms with Crippen molar-refractivity contribution in [2.45, 2.75) is 20.1 Å². The summed E-state index contributed by atoms with van der Waals surface area (Å²) in [4.78, 5) is 25.2. The Kier molecular flexibility index (Phi) is 5.26. The minimum absolute atomic E-state index is 0.116. The van der Waals surface area contributed by atoms with Gasteiger partial charge in [0.2, 0.25) is 5.91 Å². The molecule has 4 N–H and O–H groups in total. The number of nitrogens with two attached hydrogens (primary N) is 1. The van der Waals surface area contributed by atoms with Crippen LogP contribution in [-0.4, -0.2) is 23.3 Å². The van der Waals surface area contributed by atoms with Crippen molar-refractivity contribution in [2.75, 3.05) is 10.6 Å². The number of ether oxygens (including phenoxy) is 1. The Morgan fingerprint density at radius 1 is 1.12 bits per heavy atom. The van der Waals surface area contributed by atoms with Crippen LogP contribution in [0.3, 0.4) is 0 Å². The minimum Gasteiger partial charge on any atom is -0.508 e. The number of hydrogen-bond acceptors (Lipinski definition) is 5. The summed E-state index contributed by atoms with van der Waals surface area (Å²) in [6.07, 6.45) is -0.683. The van der Waals surface area contributed by atoms with Gasteiger partial charge in [0, 0.05) is 12.6 Å². The summed E-state index contributed by atoms with van der Waals surface area (Å²) in [5.41, 5.74) is 6.56. The van der Waals surface area contributed by atoms with E-state index < -0.39 is 18.2 Å². The molecule has 2 aromatic rings. The first kappa shape index (κ1) is 17.1. The average Bonchev–Trinajstić information content (AvgIpc) is 2.51. The smallest absolute Gasteiger partial charge is 0.331 e. The first-order chi connectivity index (χ1) is 11.4. The van der Waals surface area contributed by atoms with Crippen molar-refractivity contribution in [2.24, 2.45) is 0 Å². The molecule has 24 heavy (non-hydrogen) atoms. The number of urea groups is 1. The third-order valence-electron chi connectivity index (χ3n) is 3.15. The molecule has 2 aromatic carbocycles. The fourth-order valence-corrected chi connectivity index (χ4v) is 2.06. The van der Waals surface area contributed by atoms with Crippen molar-refractivity contribution >= 4 is 23.3 Å². The number of imide groups is 1. The van der Waals surface area contributed by atoms with Gasteiger partial charge in [0.05, 0.1) is 5.69 Å². The Morgan fingerprint density at radius 3 is 2.25 bits per heavy atom. The van der Waals surface area contributed by atoms with Gasteiger partial charge in [-0.05, 0) is 55.5 Å². The van der Waals surface area contributed by atoms with Crippen molar-refractivity contribution in [1.29, 1.82) is 0 Å². The molecule has 0 aromatic heterocycles. The zero-order valence-electron chi connectivity index (χ0n) is 13.4. The lowest BCUT2D eigenvalue weighted by Gasteiger charge is -2.23. The molecule has 126 valence electrons. The Morgan fingerprint density at radius 2 is 1.71 bits per heavy atom. The fourth-order valence-electron chi connectivity index (χ4n) is 2.06. The molecule has 0 heterocycles. The molecule has 0 bridgehead atoms. The van der Waals surface area contributed by atoms with E-state index in [4.69, 9.17) is 10.5 Å². The van der Waals surface area contributed by atoms with Gasteiger partial charge in [0.1, 0.15) is 11.5 Å². The van der Waals surface area contributed by atoms with Crippen molar-refractivity contribution in [3.8, 4) is 11.5 Å². The standard InChI is InChI=1S/C17H19N3O4/c1-11(24-16-9-7-15(22)8-10-16)19-17(23)20(12(2)21)14-5-3-13(18)4-6-14/h3-11,22H,18H2,1-2H3,(H,19,23). The highest BCUT2D eigenvalue weighted by molar-refractivity contribution is 6.13. The van der Waals surface area contributed by atoms with E-state index in [1.807, 2.05) is 0 Å². The van der Waals surface area contributed by atoms with Crippen molar-refractivity contribution < 1.29 is 19.4 Å². The zero-order chi connectivity index (χ0) is 17.7. The van der Waals surface area contributed by atoms with E-state index in [1.165, 1.54) is 19.1 Å². The van der Waals surface area contributed by atoms with E-state index in [0.29, 0.717) is 17.1 Å². The van der Waals surface area contributed by atoms with Crippen LogP contribution in [0.15, 0.2) is 48.5 Å². The number of aromatic hydroxyl groups is 1. The summed E-state index contributed by atoms with van der Waals surface area (Å²) in [5, 5.41) is 11.8. The van der Waals surface area contributed by atoms with Gasteiger partial charge in [0.25, 0.3) is 0 Å². The van der Waals surface area contributed by atoms with E-state index in [0.717, 1.165) is 4.90 Å². The van der Waals surface area contributed by atoms with Gasteiger partial charge in [-0.15, -0.1) is 0 Å². The molecule has 1 unspecified atom stereocenters. The highest BCUT2D eigenvalue weighted by Crippen LogP contribution is 2.18. The molecule has 0 aliphatic heterocycles. The second kappa shape index (κ2) is 7.36. The molecule has 3 amide bonds. The van der Waals surface area contributed by atoms with Gasteiger partial charge < -0.3 is 20.9 Å². The van der Waals surface area contributed by atoms with Gasteiger partial charge >= 0.3 is 6.03 Å². The van der Waals surface area contributed by atoms with Crippen LogP contribution in [0.1, 0.15) is 13.8 Å². The molecule has 0 aliphatic rings. The summed E-state index contributed by atoms with van der Waals surface area (Å²) in [7, 11) is 0. The first-order valence-electron chi connectivity index (χ1n) is 7.29. The maximum absolute atomic E-state index is 12.4. The Bertz CT molecular complexity index is 714. The van der Waals surface area contributed by atoms with Gasteiger partial charge in [-0.3, -0.25) is 4.79 Å². The summed E-state index contributed by atoms with van der Waals surface area (Å²) >= 11 is 0. The number of phenolic OH excluding ortho intramolecular Hbond substituents is 1. The van der Waals surface area contributed by atoms with Crippen LogP contribution in [0, 0.1) is 0 Å². The zero-order valence-corrected chi connectivity index (χ0v) is 13.4. The summed E-state index contributed by atoms with van der Waals surface area (Å²) in [6.45, 7) is 2.92. The SMILES string of the molecule is CC(=O)N(C(=O)NC(C)Oc1ccc(O)cc1)c1ccc(N)cc1. The average molecular weight is 329 g/mol. The lowest BCUT2D eigenvalue weighted by molar-refractivity contribution is -0.115. The lowest BCUT2D eigenvalue weighted by atomic mass is 10.2.